The molecule has 1 saturated carbocycles. The first-order valence-electron chi connectivity index (χ1n) is 8.92. The highest BCUT2D eigenvalue weighted by molar-refractivity contribution is 5.83. The number of aromatic nitrogens is 2. The Kier molecular flexibility index (Phi) is 5.35. The second kappa shape index (κ2) is 7.67. The van der Waals surface area contributed by atoms with E-state index in [1.807, 2.05) is 4.90 Å². The number of hydrogen-bond acceptors (Lipinski definition) is 4. The Balaban J connectivity index is 1.56. The van der Waals surface area contributed by atoms with Crippen LogP contribution in [0.1, 0.15) is 50.5 Å². The maximum Gasteiger partial charge on any atom is 0.325 e. The third-order valence-corrected chi connectivity index (χ3v) is 5.04. The van der Waals surface area contributed by atoms with E-state index in [1.165, 1.54) is 19.0 Å². The highest BCUT2D eigenvalue weighted by Crippen LogP contribution is 2.25. The summed E-state index contributed by atoms with van der Waals surface area (Å²) in [6, 6.07) is 0.0732. The van der Waals surface area contributed by atoms with Crippen molar-refractivity contribution >= 4 is 11.8 Å². The van der Waals surface area contributed by atoms with Crippen LogP contribution < -0.4 is 16.6 Å². The summed E-state index contributed by atoms with van der Waals surface area (Å²) in [7, 11) is 0. The number of amides is 2. The van der Waals surface area contributed by atoms with E-state index in [2.05, 4.69) is 15.3 Å². The van der Waals surface area contributed by atoms with Crippen LogP contribution in [0.5, 0.6) is 0 Å². The molecule has 1 aromatic rings. The molecule has 1 aliphatic carbocycles. The zero-order valence-electron chi connectivity index (χ0n) is 14.2. The van der Waals surface area contributed by atoms with Crippen molar-refractivity contribution in [1.82, 2.24) is 20.2 Å². The molecule has 0 spiro atoms. The van der Waals surface area contributed by atoms with E-state index >= 15 is 0 Å². The summed E-state index contributed by atoms with van der Waals surface area (Å²) in [6.45, 7) is 0.539. The molecule has 25 heavy (non-hydrogen) atoms. The van der Waals surface area contributed by atoms with Crippen molar-refractivity contribution in [3.8, 4) is 0 Å². The standard InChI is InChI=1S/C17H24N4O4/c22-14(7-11-9-18-17(25)20-16(11)24)19-12-8-15(23)21(10-12)13-5-3-1-2-4-6-13/h9,12-13H,1-8,10H2,(H,19,22)(H2,18,20,24,25). The molecule has 8 nitrogen and oxygen atoms in total. The second-order valence-electron chi connectivity index (χ2n) is 6.93. The lowest BCUT2D eigenvalue weighted by atomic mass is 10.1. The van der Waals surface area contributed by atoms with Gasteiger partial charge in [0, 0.05) is 30.8 Å². The summed E-state index contributed by atoms with van der Waals surface area (Å²) >= 11 is 0. The van der Waals surface area contributed by atoms with Gasteiger partial charge in [0.25, 0.3) is 5.56 Å². The summed E-state index contributed by atoms with van der Waals surface area (Å²) in [5.74, 6) is -0.225. The molecule has 2 fully saturated rings. The number of carbonyl (C=O) groups is 2. The number of carbonyl (C=O) groups excluding carboxylic acids is 2. The molecule has 2 amide bonds. The molecule has 0 aromatic carbocycles. The predicted octanol–water partition coefficient (Wildman–Crippen LogP) is 0.0456. The molecule has 3 N–H and O–H groups in total. The Morgan fingerprint density at radius 2 is 1.88 bits per heavy atom. The molecular weight excluding hydrogens is 324 g/mol. The fraction of sp³-hybridized carbons (Fsp3) is 0.647. The number of hydrogen-bond donors (Lipinski definition) is 3. The van der Waals surface area contributed by atoms with Gasteiger partial charge in [-0.25, -0.2) is 4.79 Å². The van der Waals surface area contributed by atoms with Gasteiger partial charge in [0.1, 0.15) is 0 Å². The molecule has 2 heterocycles. The van der Waals surface area contributed by atoms with Crippen LogP contribution in [0.2, 0.25) is 0 Å². The van der Waals surface area contributed by atoms with Gasteiger partial charge in [-0.3, -0.25) is 19.4 Å². The molecule has 0 radical (unpaired) electrons. The van der Waals surface area contributed by atoms with E-state index < -0.39 is 11.2 Å². The summed E-state index contributed by atoms with van der Waals surface area (Å²) in [5, 5.41) is 2.84. The SMILES string of the molecule is O=C(Cc1c[nH]c(=O)[nH]c1=O)NC1CC(=O)N(C2CCCCCC2)C1. The first-order chi connectivity index (χ1) is 12.0. The van der Waals surface area contributed by atoms with Crippen LogP contribution in [0.4, 0.5) is 0 Å². The van der Waals surface area contributed by atoms with Crippen LogP contribution in [0.25, 0.3) is 0 Å². The van der Waals surface area contributed by atoms with Crippen LogP contribution >= 0.6 is 0 Å². The van der Waals surface area contributed by atoms with Gasteiger partial charge < -0.3 is 15.2 Å². The Bertz CT molecular complexity index is 746. The topological polar surface area (TPSA) is 115 Å². The van der Waals surface area contributed by atoms with E-state index in [4.69, 9.17) is 0 Å². The number of aromatic amines is 2. The van der Waals surface area contributed by atoms with Crippen LogP contribution in [0.3, 0.4) is 0 Å². The highest BCUT2D eigenvalue weighted by Gasteiger charge is 2.35. The molecule has 0 bridgehead atoms. The number of nitrogens with zero attached hydrogens (tertiary/aromatic N) is 1. The van der Waals surface area contributed by atoms with Gasteiger partial charge in [-0.05, 0) is 12.8 Å². The Morgan fingerprint density at radius 1 is 1.16 bits per heavy atom. The van der Waals surface area contributed by atoms with Crippen molar-refractivity contribution in [1.29, 1.82) is 0 Å². The molecule has 1 saturated heterocycles. The van der Waals surface area contributed by atoms with Gasteiger partial charge >= 0.3 is 5.69 Å². The Morgan fingerprint density at radius 3 is 2.56 bits per heavy atom. The fourth-order valence-corrected chi connectivity index (χ4v) is 3.77. The van der Waals surface area contributed by atoms with Crippen molar-refractivity contribution < 1.29 is 9.59 Å². The van der Waals surface area contributed by atoms with Gasteiger partial charge in [0.2, 0.25) is 11.8 Å². The summed E-state index contributed by atoms with van der Waals surface area (Å²) in [6.07, 6.45) is 8.28. The van der Waals surface area contributed by atoms with Crippen LogP contribution in [-0.2, 0) is 16.0 Å². The normalized spacial score (nSPS) is 22.0. The number of likely N-dealkylation sites (tertiary alicyclic amines) is 1. The van der Waals surface area contributed by atoms with Crippen molar-refractivity contribution in [2.45, 2.75) is 63.5 Å². The summed E-state index contributed by atoms with van der Waals surface area (Å²) in [5.41, 5.74) is -0.974. The minimum absolute atomic E-state index is 0.0964. The molecular formula is C17H24N4O4. The van der Waals surface area contributed by atoms with Gasteiger partial charge in [-0.15, -0.1) is 0 Å². The maximum absolute atomic E-state index is 12.3. The van der Waals surface area contributed by atoms with Gasteiger partial charge in [0.15, 0.2) is 0 Å². The van der Waals surface area contributed by atoms with E-state index in [0.29, 0.717) is 19.0 Å². The lowest BCUT2D eigenvalue weighted by Gasteiger charge is -2.27. The second-order valence-corrected chi connectivity index (χ2v) is 6.93. The van der Waals surface area contributed by atoms with Gasteiger partial charge in [-0.2, -0.15) is 0 Å². The average molecular weight is 348 g/mol. The van der Waals surface area contributed by atoms with Crippen LogP contribution in [-0.4, -0.2) is 45.3 Å². The molecule has 3 rings (SSSR count). The van der Waals surface area contributed by atoms with Gasteiger partial charge in [0.05, 0.1) is 12.5 Å². The summed E-state index contributed by atoms with van der Waals surface area (Å²) < 4.78 is 0. The molecule has 8 heteroatoms. The first kappa shape index (κ1) is 17.4. The first-order valence-corrected chi connectivity index (χ1v) is 8.92. The molecule has 136 valence electrons. The summed E-state index contributed by atoms with van der Waals surface area (Å²) in [4.78, 5) is 53.5. The van der Waals surface area contributed by atoms with Crippen molar-refractivity contribution in [2.75, 3.05) is 6.54 Å². The lowest BCUT2D eigenvalue weighted by Crippen LogP contribution is -2.41. The smallest absolute Gasteiger partial charge is 0.325 e. The zero-order valence-corrected chi connectivity index (χ0v) is 14.2. The van der Waals surface area contributed by atoms with E-state index in [1.54, 1.807) is 0 Å². The third-order valence-electron chi connectivity index (χ3n) is 5.04. The van der Waals surface area contributed by atoms with E-state index in [9.17, 15) is 19.2 Å². The van der Waals surface area contributed by atoms with Crippen molar-refractivity contribution in [3.05, 3.63) is 32.6 Å². The van der Waals surface area contributed by atoms with Crippen LogP contribution in [0, 0.1) is 0 Å². The van der Waals surface area contributed by atoms with Crippen molar-refractivity contribution in [3.63, 3.8) is 0 Å². The Labute approximate surface area is 145 Å². The minimum Gasteiger partial charge on any atom is -0.351 e. The molecule has 1 unspecified atom stereocenters. The van der Waals surface area contributed by atoms with E-state index in [-0.39, 0.29) is 29.8 Å². The molecule has 1 aromatic heterocycles. The van der Waals surface area contributed by atoms with Gasteiger partial charge in [-0.1, -0.05) is 25.7 Å². The third kappa shape index (κ3) is 4.37. The minimum atomic E-state index is -0.602. The molecule has 1 aliphatic heterocycles. The number of H-pyrrole nitrogens is 2. The highest BCUT2D eigenvalue weighted by atomic mass is 16.2. The Hall–Kier alpha value is -2.38. The quantitative estimate of drug-likeness (QED) is 0.667. The van der Waals surface area contributed by atoms with Crippen LogP contribution in [0.15, 0.2) is 15.8 Å². The monoisotopic (exact) mass is 348 g/mol. The largest absolute Gasteiger partial charge is 0.351 e. The maximum atomic E-state index is 12.3. The average Bonchev–Trinajstić information content (AvgIpc) is 2.76. The lowest BCUT2D eigenvalue weighted by molar-refractivity contribution is -0.129. The number of rotatable bonds is 4. The van der Waals surface area contributed by atoms with E-state index in [0.717, 1.165) is 25.7 Å². The fourth-order valence-electron chi connectivity index (χ4n) is 3.77. The molecule has 1 atom stereocenters. The van der Waals surface area contributed by atoms with Crippen molar-refractivity contribution in [2.24, 2.45) is 0 Å². The zero-order chi connectivity index (χ0) is 17.8. The number of nitrogens with one attached hydrogen (secondary N) is 3. The molecule has 2 aliphatic rings. The predicted molar refractivity (Wildman–Crippen MR) is 91.1 cm³/mol.